The fourth-order valence-corrected chi connectivity index (χ4v) is 3.97. The number of hydrazone groups is 1. The molecule has 12 heteroatoms. The first-order chi connectivity index (χ1) is 17.7. The Morgan fingerprint density at radius 1 is 1.00 bits per heavy atom. The molecule has 0 radical (unpaired) electrons. The predicted molar refractivity (Wildman–Crippen MR) is 138 cm³/mol. The lowest BCUT2D eigenvalue weighted by Crippen LogP contribution is -2.39. The first-order valence-corrected chi connectivity index (χ1v) is 12.7. The van der Waals surface area contributed by atoms with Crippen LogP contribution in [0.2, 0.25) is 0 Å². The lowest BCUT2D eigenvalue weighted by atomic mass is 10.2. The first-order valence-electron chi connectivity index (χ1n) is 10.9. The molecule has 2 N–H and O–H groups in total. The molecule has 3 rings (SSSR count). The molecule has 0 fully saturated rings. The fraction of sp³-hybridized carbons (Fsp3) is 0.160. The van der Waals surface area contributed by atoms with E-state index in [1.54, 1.807) is 48.5 Å². The molecule has 0 atom stereocenters. The van der Waals surface area contributed by atoms with Crippen molar-refractivity contribution in [1.29, 1.82) is 0 Å². The van der Waals surface area contributed by atoms with E-state index in [-0.39, 0.29) is 18.2 Å². The van der Waals surface area contributed by atoms with Crippen LogP contribution in [0.3, 0.4) is 0 Å². The Balaban J connectivity index is 1.51. The summed E-state index contributed by atoms with van der Waals surface area (Å²) in [5.41, 5.74) is 3.10. The van der Waals surface area contributed by atoms with Crippen LogP contribution in [-0.4, -0.2) is 53.0 Å². The molecular formula is C25H25FN4O6S. The molecule has 194 valence electrons. The molecule has 10 nitrogen and oxygen atoms in total. The molecule has 2 amide bonds. The van der Waals surface area contributed by atoms with Crippen molar-refractivity contribution < 1.29 is 31.9 Å². The van der Waals surface area contributed by atoms with Crippen molar-refractivity contribution >= 4 is 39.4 Å². The van der Waals surface area contributed by atoms with Gasteiger partial charge in [-0.1, -0.05) is 24.3 Å². The van der Waals surface area contributed by atoms with Gasteiger partial charge in [0, 0.05) is 0 Å². The van der Waals surface area contributed by atoms with E-state index >= 15 is 0 Å². The van der Waals surface area contributed by atoms with Gasteiger partial charge in [-0.2, -0.15) is 5.10 Å². The van der Waals surface area contributed by atoms with Crippen molar-refractivity contribution in [2.75, 3.05) is 36.1 Å². The Labute approximate surface area is 213 Å². The maximum absolute atomic E-state index is 14.0. The molecule has 37 heavy (non-hydrogen) atoms. The minimum atomic E-state index is -3.92. The minimum Gasteiger partial charge on any atom is -0.495 e. The van der Waals surface area contributed by atoms with E-state index in [9.17, 15) is 22.4 Å². The zero-order valence-electron chi connectivity index (χ0n) is 20.0. The van der Waals surface area contributed by atoms with Crippen molar-refractivity contribution in [2.45, 2.75) is 0 Å². The number of halogens is 1. The number of hydrogen-bond donors (Lipinski definition) is 2. The van der Waals surface area contributed by atoms with Crippen molar-refractivity contribution in [2.24, 2.45) is 5.10 Å². The Hall–Kier alpha value is -4.45. The number of methoxy groups -OCH3 is 1. The highest BCUT2D eigenvalue weighted by atomic mass is 32.2. The Morgan fingerprint density at radius 3 is 2.35 bits per heavy atom. The molecule has 0 aliphatic heterocycles. The van der Waals surface area contributed by atoms with E-state index in [2.05, 4.69) is 15.8 Å². The molecule has 0 saturated carbocycles. The summed E-state index contributed by atoms with van der Waals surface area (Å²) in [7, 11) is -2.41. The van der Waals surface area contributed by atoms with Gasteiger partial charge < -0.3 is 14.8 Å². The number of benzene rings is 3. The van der Waals surface area contributed by atoms with E-state index in [1.165, 1.54) is 31.5 Å². The molecule has 0 aliphatic carbocycles. The SMILES string of the molecule is COc1ccccc1NC(=O)COc1ccc(/C=N\NC(=O)CN(c2ccccc2F)S(C)(=O)=O)cc1. The third-order valence-corrected chi connectivity index (χ3v) is 5.97. The molecule has 0 bridgehead atoms. The van der Waals surface area contributed by atoms with Crippen molar-refractivity contribution in [1.82, 2.24) is 5.43 Å². The van der Waals surface area contributed by atoms with Gasteiger partial charge in [0.15, 0.2) is 6.61 Å². The van der Waals surface area contributed by atoms with E-state index in [0.29, 0.717) is 27.1 Å². The smallest absolute Gasteiger partial charge is 0.262 e. The van der Waals surface area contributed by atoms with Gasteiger partial charge in [0.25, 0.3) is 11.8 Å². The number of amides is 2. The second-order valence-electron chi connectivity index (χ2n) is 7.62. The van der Waals surface area contributed by atoms with Gasteiger partial charge in [-0.15, -0.1) is 0 Å². The summed E-state index contributed by atoms with van der Waals surface area (Å²) in [5, 5.41) is 6.51. The van der Waals surface area contributed by atoms with Gasteiger partial charge >= 0.3 is 0 Å². The van der Waals surface area contributed by atoms with E-state index in [1.807, 2.05) is 0 Å². The summed E-state index contributed by atoms with van der Waals surface area (Å²) in [6.07, 6.45) is 2.21. The minimum absolute atomic E-state index is 0.222. The summed E-state index contributed by atoms with van der Waals surface area (Å²) >= 11 is 0. The Kier molecular flexibility index (Phi) is 9.16. The molecule has 3 aromatic carbocycles. The summed E-state index contributed by atoms with van der Waals surface area (Å²) in [4.78, 5) is 24.4. The van der Waals surface area contributed by atoms with Crippen LogP contribution >= 0.6 is 0 Å². The van der Waals surface area contributed by atoms with Crippen molar-refractivity contribution in [3.63, 3.8) is 0 Å². The second kappa shape index (κ2) is 12.5. The third-order valence-electron chi connectivity index (χ3n) is 4.84. The molecular weight excluding hydrogens is 503 g/mol. The van der Waals surface area contributed by atoms with E-state index in [4.69, 9.17) is 9.47 Å². The summed E-state index contributed by atoms with van der Waals surface area (Å²) in [6.45, 7) is -0.874. The van der Waals surface area contributed by atoms with Crippen LogP contribution in [0.5, 0.6) is 11.5 Å². The zero-order valence-corrected chi connectivity index (χ0v) is 20.9. The largest absolute Gasteiger partial charge is 0.495 e. The van der Waals surface area contributed by atoms with Gasteiger partial charge in [0.1, 0.15) is 23.9 Å². The van der Waals surface area contributed by atoms with Crippen LogP contribution in [-0.2, 0) is 19.6 Å². The first kappa shape index (κ1) is 27.1. The van der Waals surface area contributed by atoms with Crippen LogP contribution in [0.1, 0.15) is 5.56 Å². The highest BCUT2D eigenvalue weighted by molar-refractivity contribution is 7.92. The number of anilines is 2. The van der Waals surface area contributed by atoms with Gasteiger partial charge in [-0.05, 0) is 54.1 Å². The maximum Gasteiger partial charge on any atom is 0.262 e. The Bertz CT molecular complexity index is 1380. The van der Waals surface area contributed by atoms with Gasteiger partial charge in [0.2, 0.25) is 10.0 Å². The summed E-state index contributed by atoms with van der Waals surface area (Å²) < 4.78 is 49.5. The molecule has 0 aliphatic rings. The number of carbonyl (C=O) groups is 2. The summed E-state index contributed by atoms with van der Waals surface area (Å²) in [5.74, 6) is -0.931. The van der Waals surface area contributed by atoms with E-state index in [0.717, 1.165) is 12.3 Å². The zero-order chi connectivity index (χ0) is 26.8. The van der Waals surface area contributed by atoms with Gasteiger partial charge in [-0.3, -0.25) is 13.9 Å². The van der Waals surface area contributed by atoms with Crippen LogP contribution in [0, 0.1) is 5.82 Å². The number of ether oxygens (including phenoxy) is 2. The monoisotopic (exact) mass is 528 g/mol. The highest BCUT2D eigenvalue weighted by Crippen LogP contribution is 2.23. The number of sulfonamides is 1. The van der Waals surface area contributed by atoms with Gasteiger partial charge in [-0.25, -0.2) is 18.2 Å². The maximum atomic E-state index is 14.0. The lowest BCUT2D eigenvalue weighted by molar-refractivity contribution is -0.119. The fourth-order valence-electron chi connectivity index (χ4n) is 3.11. The standard InChI is InChI=1S/C25H25FN4O6S/c1-35-23-10-6-4-8-21(23)28-25(32)17-36-19-13-11-18(12-14-19)15-27-29-24(31)16-30(37(2,33)34)22-9-5-3-7-20(22)26/h3-15H,16-17H2,1-2H3,(H,28,32)(H,29,31)/b27-15-. The average molecular weight is 529 g/mol. The molecule has 0 heterocycles. The third kappa shape index (κ3) is 8.04. The van der Waals surface area contributed by atoms with Crippen LogP contribution in [0.25, 0.3) is 0 Å². The van der Waals surface area contributed by atoms with Crippen LogP contribution in [0.4, 0.5) is 15.8 Å². The highest BCUT2D eigenvalue weighted by Gasteiger charge is 2.23. The topological polar surface area (TPSA) is 126 Å². The van der Waals surface area contributed by atoms with Crippen molar-refractivity contribution in [3.05, 3.63) is 84.2 Å². The predicted octanol–water partition coefficient (Wildman–Crippen LogP) is 2.77. The quantitative estimate of drug-likeness (QED) is 0.291. The molecule has 0 aromatic heterocycles. The number of para-hydroxylation sites is 3. The number of nitrogens with one attached hydrogen (secondary N) is 2. The molecule has 0 spiro atoms. The number of rotatable bonds is 11. The average Bonchev–Trinajstić information content (AvgIpc) is 2.87. The number of carbonyl (C=O) groups excluding carboxylic acids is 2. The van der Waals surface area contributed by atoms with Gasteiger partial charge in [0.05, 0.1) is 31.0 Å². The summed E-state index contributed by atoms with van der Waals surface area (Å²) in [6, 6.07) is 18.8. The molecule has 0 unspecified atom stereocenters. The molecule has 3 aromatic rings. The normalized spacial score (nSPS) is 11.1. The lowest BCUT2D eigenvalue weighted by Gasteiger charge is -2.21. The van der Waals surface area contributed by atoms with E-state index < -0.39 is 28.3 Å². The number of nitrogens with zero attached hydrogens (tertiary/aromatic N) is 2. The Morgan fingerprint density at radius 2 is 1.68 bits per heavy atom. The molecule has 0 saturated heterocycles. The second-order valence-corrected chi connectivity index (χ2v) is 9.53. The van der Waals surface area contributed by atoms with Crippen LogP contribution < -0.4 is 24.5 Å². The number of hydrogen-bond acceptors (Lipinski definition) is 7. The van der Waals surface area contributed by atoms with Crippen LogP contribution in [0.15, 0.2) is 77.9 Å². The van der Waals surface area contributed by atoms with Crippen molar-refractivity contribution in [3.8, 4) is 11.5 Å².